The third-order valence-corrected chi connectivity index (χ3v) is 3.58. The van der Waals surface area contributed by atoms with Crippen LogP contribution in [0.5, 0.6) is 0 Å². The molecule has 0 radical (unpaired) electrons. The Morgan fingerprint density at radius 1 is 1.21 bits per heavy atom. The van der Waals surface area contributed by atoms with Gasteiger partial charge in [0, 0.05) is 32.2 Å². The molecular formula is C14H28N2O3. The molecule has 1 saturated carbocycles. The van der Waals surface area contributed by atoms with Crippen LogP contribution in [-0.2, 0) is 14.3 Å². The molecule has 0 atom stereocenters. The number of hydrogen-bond acceptors (Lipinski definition) is 4. The molecule has 0 heterocycles. The van der Waals surface area contributed by atoms with Crippen LogP contribution in [0.3, 0.4) is 0 Å². The first-order valence-electron chi connectivity index (χ1n) is 7.28. The monoisotopic (exact) mass is 272 g/mol. The van der Waals surface area contributed by atoms with E-state index in [1.807, 2.05) is 0 Å². The molecule has 0 saturated heterocycles. The summed E-state index contributed by atoms with van der Waals surface area (Å²) in [4.78, 5) is 11.8. The Hall–Kier alpha value is -0.650. The SMILES string of the molecule is COCCOCCCNC(=O)CC1(N)CCCCC1. The fourth-order valence-electron chi connectivity index (χ4n) is 2.46. The molecular weight excluding hydrogens is 244 g/mol. The Labute approximate surface area is 116 Å². The number of amides is 1. The maximum Gasteiger partial charge on any atom is 0.221 e. The molecule has 1 fully saturated rings. The van der Waals surface area contributed by atoms with Crippen LogP contribution < -0.4 is 11.1 Å². The van der Waals surface area contributed by atoms with Crippen LogP contribution >= 0.6 is 0 Å². The van der Waals surface area contributed by atoms with Crippen molar-refractivity contribution in [2.24, 2.45) is 5.73 Å². The molecule has 112 valence electrons. The predicted octanol–water partition coefficient (Wildman–Crippen LogP) is 1.21. The molecule has 5 nitrogen and oxygen atoms in total. The average Bonchev–Trinajstić information content (AvgIpc) is 2.38. The predicted molar refractivity (Wildman–Crippen MR) is 74.9 cm³/mol. The lowest BCUT2D eigenvalue weighted by Gasteiger charge is -2.32. The summed E-state index contributed by atoms with van der Waals surface area (Å²) in [5.74, 6) is 0.0706. The summed E-state index contributed by atoms with van der Waals surface area (Å²) in [5.41, 5.74) is 5.98. The fraction of sp³-hybridized carbons (Fsp3) is 0.929. The third-order valence-electron chi connectivity index (χ3n) is 3.58. The summed E-state index contributed by atoms with van der Waals surface area (Å²) < 4.78 is 10.2. The van der Waals surface area contributed by atoms with Crippen LogP contribution in [0, 0.1) is 0 Å². The summed E-state index contributed by atoms with van der Waals surface area (Å²) in [7, 11) is 1.65. The lowest BCUT2D eigenvalue weighted by atomic mass is 9.80. The summed E-state index contributed by atoms with van der Waals surface area (Å²) in [6, 6.07) is 0. The van der Waals surface area contributed by atoms with E-state index in [0.717, 1.165) is 32.1 Å². The largest absolute Gasteiger partial charge is 0.382 e. The fourth-order valence-corrected chi connectivity index (χ4v) is 2.46. The highest BCUT2D eigenvalue weighted by Crippen LogP contribution is 2.28. The molecule has 1 rings (SSSR count). The first-order valence-corrected chi connectivity index (χ1v) is 7.28. The molecule has 0 aromatic rings. The maximum absolute atomic E-state index is 11.8. The molecule has 0 aromatic heterocycles. The van der Waals surface area contributed by atoms with Crippen LogP contribution in [0.1, 0.15) is 44.9 Å². The van der Waals surface area contributed by atoms with Crippen molar-refractivity contribution in [3.05, 3.63) is 0 Å². The van der Waals surface area contributed by atoms with Crippen molar-refractivity contribution in [2.75, 3.05) is 33.5 Å². The van der Waals surface area contributed by atoms with E-state index < -0.39 is 0 Å². The second-order valence-corrected chi connectivity index (χ2v) is 5.41. The molecule has 3 N–H and O–H groups in total. The summed E-state index contributed by atoms with van der Waals surface area (Å²) >= 11 is 0. The Bertz CT molecular complexity index is 253. The molecule has 0 spiro atoms. The Morgan fingerprint density at radius 3 is 2.63 bits per heavy atom. The molecule has 5 heteroatoms. The number of nitrogens with one attached hydrogen (secondary N) is 1. The Morgan fingerprint density at radius 2 is 1.95 bits per heavy atom. The van der Waals surface area contributed by atoms with E-state index in [1.165, 1.54) is 6.42 Å². The van der Waals surface area contributed by atoms with Gasteiger partial charge in [0.05, 0.1) is 13.2 Å². The van der Waals surface area contributed by atoms with Gasteiger partial charge in [-0.05, 0) is 19.3 Å². The zero-order valence-electron chi connectivity index (χ0n) is 12.1. The third kappa shape index (κ3) is 7.50. The van der Waals surface area contributed by atoms with Crippen molar-refractivity contribution in [3.8, 4) is 0 Å². The van der Waals surface area contributed by atoms with Crippen LogP contribution in [-0.4, -0.2) is 44.9 Å². The number of nitrogens with two attached hydrogens (primary N) is 1. The van der Waals surface area contributed by atoms with Crippen molar-refractivity contribution >= 4 is 5.91 Å². The number of carbonyl (C=O) groups is 1. The van der Waals surface area contributed by atoms with E-state index >= 15 is 0 Å². The molecule has 0 bridgehead atoms. The van der Waals surface area contributed by atoms with Gasteiger partial charge >= 0.3 is 0 Å². The van der Waals surface area contributed by atoms with Gasteiger partial charge in [0.15, 0.2) is 0 Å². The van der Waals surface area contributed by atoms with Gasteiger partial charge in [-0.3, -0.25) is 4.79 Å². The molecule has 19 heavy (non-hydrogen) atoms. The van der Waals surface area contributed by atoms with Crippen LogP contribution in [0.2, 0.25) is 0 Å². The molecule has 1 aliphatic carbocycles. The van der Waals surface area contributed by atoms with Gasteiger partial charge in [0.25, 0.3) is 0 Å². The quantitative estimate of drug-likeness (QED) is 0.619. The number of carbonyl (C=O) groups excluding carboxylic acids is 1. The van der Waals surface area contributed by atoms with Crippen LogP contribution in [0.25, 0.3) is 0 Å². The smallest absolute Gasteiger partial charge is 0.221 e. The lowest BCUT2D eigenvalue weighted by Crippen LogP contribution is -2.46. The molecule has 0 unspecified atom stereocenters. The van der Waals surface area contributed by atoms with Gasteiger partial charge in [-0.15, -0.1) is 0 Å². The minimum atomic E-state index is -0.267. The highest BCUT2D eigenvalue weighted by molar-refractivity contribution is 5.77. The van der Waals surface area contributed by atoms with Gasteiger partial charge in [-0.1, -0.05) is 19.3 Å². The Kier molecular flexibility index (Phi) is 8.02. The van der Waals surface area contributed by atoms with Gasteiger partial charge in [-0.2, -0.15) is 0 Å². The second-order valence-electron chi connectivity index (χ2n) is 5.41. The van der Waals surface area contributed by atoms with Crippen LogP contribution in [0.4, 0.5) is 0 Å². The molecule has 0 aromatic carbocycles. The minimum Gasteiger partial charge on any atom is -0.382 e. The van der Waals surface area contributed by atoms with E-state index in [4.69, 9.17) is 15.2 Å². The van der Waals surface area contributed by atoms with Crippen molar-refractivity contribution in [1.82, 2.24) is 5.32 Å². The standard InChI is InChI=1S/C14H28N2O3/c1-18-10-11-19-9-5-8-16-13(17)12-14(15)6-3-2-4-7-14/h2-12,15H2,1H3,(H,16,17). The molecule has 1 aliphatic rings. The van der Waals surface area contributed by atoms with Gasteiger partial charge in [0.2, 0.25) is 5.91 Å². The number of ether oxygens (including phenoxy) is 2. The van der Waals surface area contributed by atoms with E-state index in [0.29, 0.717) is 32.8 Å². The van der Waals surface area contributed by atoms with Crippen LogP contribution in [0.15, 0.2) is 0 Å². The second kappa shape index (κ2) is 9.28. The normalized spacial score (nSPS) is 18.2. The highest BCUT2D eigenvalue weighted by Gasteiger charge is 2.29. The number of hydrogen-bond donors (Lipinski definition) is 2. The first-order chi connectivity index (χ1) is 9.16. The molecule has 1 amide bonds. The number of rotatable bonds is 9. The van der Waals surface area contributed by atoms with E-state index in [9.17, 15) is 4.79 Å². The van der Waals surface area contributed by atoms with Gasteiger partial charge in [0.1, 0.15) is 0 Å². The lowest BCUT2D eigenvalue weighted by molar-refractivity contribution is -0.122. The summed E-state index contributed by atoms with van der Waals surface area (Å²) in [6.07, 6.45) is 6.78. The van der Waals surface area contributed by atoms with Crippen molar-refractivity contribution in [1.29, 1.82) is 0 Å². The van der Waals surface area contributed by atoms with E-state index in [-0.39, 0.29) is 11.4 Å². The highest BCUT2D eigenvalue weighted by atomic mass is 16.5. The number of methoxy groups -OCH3 is 1. The average molecular weight is 272 g/mol. The zero-order valence-corrected chi connectivity index (χ0v) is 12.1. The summed E-state index contributed by atoms with van der Waals surface area (Å²) in [6.45, 7) is 2.53. The van der Waals surface area contributed by atoms with Gasteiger partial charge < -0.3 is 20.5 Å². The zero-order chi connectivity index (χ0) is 14.0. The first kappa shape index (κ1) is 16.4. The van der Waals surface area contributed by atoms with E-state index in [2.05, 4.69) is 5.32 Å². The van der Waals surface area contributed by atoms with Gasteiger partial charge in [-0.25, -0.2) is 0 Å². The van der Waals surface area contributed by atoms with Crippen molar-refractivity contribution in [2.45, 2.75) is 50.5 Å². The topological polar surface area (TPSA) is 73.6 Å². The van der Waals surface area contributed by atoms with Crippen molar-refractivity contribution < 1.29 is 14.3 Å². The van der Waals surface area contributed by atoms with Crippen molar-refractivity contribution in [3.63, 3.8) is 0 Å². The minimum absolute atomic E-state index is 0.0706. The Balaban J connectivity index is 2.01. The maximum atomic E-state index is 11.8. The summed E-state index contributed by atoms with van der Waals surface area (Å²) in [5, 5.41) is 2.92. The molecule has 0 aliphatic heterocycles. The van der Waals surface area contributed by atoms with E-state index in [1.54, 1.807) is 7.11 Å².